The van der Waals surface area contributed by atoms with Gasteiger partial charge in [-0.3, -0.25) is 22.7 Å². The van der Waals surface area contributed by atoms with Crippen molar-refractivity contribution in [3.8, 4) is 0 Å². The minimum absolute atomic E-state index is 0.00521. The number of aliphatic hydroxyl groups excluding tert-OH is 3. The number of hydrogen-bond donors (Lipinski definition) is 13. The lowest BCUT2D eigenvalue weighted by Crippen LogP contribution is -2.36. The number of imidazole rings is 1. The van der Waals surface area contributed by atoms with E-state index in [1.807, 2.05) is 0 Å². The number of phosphoric ester groups is 3. The monoisotopic (exact) mass is 1000 g/mol. The van der Waals surface area contributed by atoms with Crippen LogP contribution in [-0.4, -0.2) is 128 Å². The second-order valence-corrected chi connectivity index (χ2v) is 21.1. The molecule has 5 rings (SSSR count). The molecule has 2 aliphatic rings. The SMILES string of the molecule is Nc1ccn([C@@H]2O[C@H](COP(=O)(O)OP(=O)(O)OP(=O)(O)O[C@H]3[C@@H](O)[C@H](n4cnc5c(N)nc(N)nc54)O[C@@H]3COP(=O)(O)OP(=O)(O)OP(=O)(O)O)[C@@H](O)[C@H]2O)c(=S)n1. The summed E-state index contributed by atoms with van der Waals surface area (Å²) in [6.45, 7) is -2.66. The number of phosphoric acid groups is 6. The van der Waals surface area contributed by atoms with E-state index in [0.717, 1.165) is 15.5 Å². The number of fused-ring (bicyclic) bond motifs is 1. The van der Waals surface area contributed by atoms with Crippen LogP contribution >= 0.6 is 59.2 Å². The Bertz CT molecular complexity index is 2460. The Labute approximate surface area is 336 Å². The largest absolute Gasteiger partial charge is 0.490 e. The normalized spacial score (nSPS) is 30.0. The van der Waals surface area contributed by atoms with Gasteiger partial charge in [0.25, 0.3) is 0 Å². The van der Waals surface area contributed by atoms with E-state index in [0.29, 0.717) is 0 Å². The maximum Gasteiger partial charge on any atom is 0.490 e. The highest BCUT2D eigenvalue weighted by Crippen LogP contribution is 2.69. The Kier molecular flexibility index (Phi) is 14.5. The van der Waals surface area contributed by atoms with Gasteiger partial charge in [-0.25, -0.2) is 37.4 Å². The Morgan fingerprint density at radius 1 is 0.683 bits per heavy atom. The van der Waals surface area contributed by atoms with Crippen molar-refractivity contribution in [3.63, 3.8) is 0 Å². The van der Waals surface area contributed by atoms with Crippen LogP contribution in [0.25, 0.3) is 11.2 Å². The standard InChI is InChI=1S/C19H31N9O25P6S/c20-8-1-2-27(19(60)24-8)16-11(30)10(29)6(47-16)3-45-55(35,36)52-59(43,44)53-57(39,40)49-13-7(4-46-56(37,38)51-58(41,42)50-54(32,33)34)48-17(12(13)31)28-5-23-9-14(21)25-18(22)26-15(9)28/h1-2,5-7,10-13,16-17,29-31H,3-4H2,(H,35,36)(H,37,38)(H,39,40)(H,41,42)(H,43,44)(H2,20,24,60)(H2,32,33,34)(H4,21,22,25,26)/t6-,7-,10-,11-,12-,13-,16-,17-/m1/s1. The molecule has 5 heterocycles. The molecule has 0 aliphatic carbocycles. The summed E-state index contributed by atoms with van der Waals surface area (Å²) in [6.07, 6.45) is -13.4. The Morgan fingerprint density at radius 3 is 1.80 bits per heavy atom. The Hall–Kier alpha value is -2.13. The number of nitrogens with zero attached hydrogens (tertiary/aromatic N) is 6. The Morgan fingerprint density at radius 2 is 1.22 bits per heavy atom. The molecule has 3 aromatic rings. The number of anilines is 3. The van der Waals surface area contributed by atoms with Crippen molar-refractivity contribution in [1.82, 2.24) is 29.1 Å². The molecule has 2 saturated heterocycles. The first kappa shape index (κ1) is 48.9. The van der Waals surface area contributed by atoms with Crippen LogP contribution in [0.3, 0.4) is 0 Å². The average Bonchev–Trinajstić information content (AvgIpc) is 3.69. The van der Waals surface area contributed by atoms with E-state index in [4.69, 9.17) is 53.2 Å². The average molecular weight is 1000 g/mol. The molecule has 0 amide bonds. The lowest BCUT2D eigenvalue weighted by molar-refractivity contribution is -0.0533. The first-order valence-electron chi connectivity index (χ1n) is 15.3. The first-order chi connectivity index (χ1) is 27.4. The maximum atomic E-state index is 13.1. The molecule has 60 heavy (non-hydrogen) atoms. The third kappa shape index (κ3) is 12.3. The van der Waals surface area contributed by atoms with Crippen LogP contribution in [-0.2, 0) is 67.7 Å². The fraction of sp³-hybridized carbons (Fsp3) is 0.526. The summed E-state index contributed by atoms with van der Waals surface area (Å²) in [5.41, 5.74) is 16.5. The molecule has 2 aliphatic heterocycles. The van der Waals surface area contributed by atoms with Crippen molar-refractivity contribution >= 4 is 87.9 Å². The van der Waals surface area contributed by atoms with Crippen LogP contribution in [0.4, 0.5) is 17.6 Å². The van der Waals surface area contributed by atoms with E-state index in [1.54, 1.807) is 0 Å². The number of aliphatic hydroxyl groups is 3. The lowest BCUT2D eigenvalue weighted by atomic mass is 10.1. The highest BCUT2D eigenvalue weighted by molar-refractivity contribution is 7.71. The van der Waals surface area contributed by atoms with Crippen LogP contribution < -0.4 is 17.2 Å². The van der Waals surface area contributed by atoms with Gasteiger partial charge < -0.3 is 76.2 Å². The van der Waals surface area contributed by atoms with Crippen molar-refractivity contribution in [1.29, 1.82) is 0 Å². The van der Waals surface area contributed by atoms with Gasteiger partial charge in [0.05, 0.1) is 19.5 Å². The third-order valence-electron chi connectivity index (χ3n) is 7.40. The molecule has 0 bridgehead atoms. The second-order valence-electron chi connectivity index (χ2n) is 11.8. The molecule has 34 nitrogen and oxygen atoms in total. The number of rotatable bonds is 18. The fourth-order valence-electron chi connectivity index (χ4n) is 5.18. The van der Waals surface area contributed by atoms with Crippen molar-refractivity contribution < 1.29 is 117 Å². The van der Waals surface area contributed by atoms with Crippen molar-refractivity contribution in [3.05, 3.63) is 23.4 Å². The summed E-state index contributed by atoms with van der Waals surface area (Å²) in [6, 6.07) is 1.26. The molecule has 338 valence electrons. The minimum atomic E-state index is -6.30. The van der Waals surface area contributed by atoms with E-state index in [1.165, 1.54) is 12.3 Å². The van der Waals surface area contributed by atoms with Gasteiger partial charge in [0.15, 0.2) is 23.9 Å². The molecule has 3 aromatic heterocycles. The number of nitrogen functional groups attached to an aromatic ring is 3. The van der Waals surface area contributed by atoms with Crippen LogP contribution in [0.1, 0.15) is 12.5 Å². The van der Waals surface area contributed by atoms with Crippen LogP contribution in [0.2, 0.25) is 0 Å². The fourth-order valence-corrected chi connectivity index (χ4v) is 12.2. The summed E-state index contributed by atoms with van der Waals surface area (Å²) in [4.78, 5) is 82.8. The first-order valence-corrected chi connectivity index (χ1v) is 24.8. The van der Waals surface area contributed by atoms with Gasteiger partial charge in [0.1, 0.15) is 48.0 Å². The summed E-state index contributed by atoms with van der Waals surface area (Å²) >= 11 is 5.02. The summed E-state index contributed by atoms with van der Waals surface area (Å²) in [5.74, 6) is -0.750. The smallest absolute Gasteiger partial charge is 0.387 e. The zero-order valence-electron chi connectivity index (χ0n) is 28.9. The van der Waals surface area contributed by atoms with Gasteiger partial charge in [-0.1, -0.05) is 0 Å². The van der Waals surface area contributed by atoms with Crippen LogP contribution in [0.15, 0.2) is 18.6 Å². The maximum absolute atomic E-state index is 13.1. The zero-order valence-corrected chi connectivity index (χ0v) is 35.1. The molecular weight excluding hydrogens is 972 g/mol. The van der Waals surface area contributed by atoms with Crippen LogP contribution in [0, 0.1) is 4.77 Å². The molecule has 0 saturated carbocycles. The highest BCUT2D eigenvalue weighted by Gasteiger charge is 2.53. The van der Waals surface area contributed by atoms with Gasteiger partial charge in [-0.05, 0) is 18.3 Å². The molecule has 16 N–H and O–H groups in total. The number of nitrogens with two attached hydrogens (primary N) is 3. The molecule has 5 unspecified atom stereocenters. The number of aromatic nitrogens is 6. The second kappa shape index (κ2) is 17.8. The molecule has 0 spiro atoms. The lowest BCUT2D eigenvalue weighted by Gasteiger charge is -2.24. The van der Waals surface area contributed by atoms with Gasteiger partial charge in [-0.15, -0.1) is 0 Å². The van der Waals surface area contributed by atoms with Crippen molar-refractivity contribution in [2.24, 2.45) is 0 Å². The quantitative estimate of drug-likeness (QED) is 0.0492. The van der Waals surface area contributed by atoms with Gasteiger partial charge in [0.2, 0.25) is 10.7 Å². The molecule has 13 atom stereocenters. The predicted octanol–water partition coefficient (Wildman–Crippen LogP) is -1.84. The highest BCUT2D eigenvalue weighted by atomic mass is 32.1. The van der Waals surface area contributed by atoms with Crippen LogP contribution in [0.5, 0.6) is 0 Å². The number of ether oxygens (including phenoxy) is 2. The molecule has 41 heteroatoms. The molecule has 0 radical (unpaired) electrons. The molecule has 2 fully saturated rings. The van der Waals surface area contributed by atoms with E-state index in [9.17, 15) is 67.2 Å². The zero-order chi connectivity index (χ0) is 45.0. The van der Waals surface area contributed by atoms with E-state index >= 15 is 0 Å². The number of hydrogen-bond acceptors (Lipinski definition) is 26. The molecule has 0 aromatic carbocycles. The van der Waals surface area contributed by atoms with Crippen molar-refractivity contribution in [2.75, 3.05) is 30.4 Å². The van der Waals surface area contributed by atoms with Gasteiger partial charge in [-0.2, -0.15) is 27.2 Å². The predicted molar refractivity (Wildman–Crippen MR) is 190 cm³/mol. The summed E-state index contributed by atoms with van der Waals surface area (Å²) in [5, 5.41) is 32.0. The van der Waals surface area contributed by atoms with E-state index in [-0.39, 0.29) is 27.6 Å². The Balaban J connectivity index is 1.30. The topological polar surface area (TPSA) is 527 Å². The summed E-state index contributed by atoms with van der Waals surface area (Å²) in [7, 11) is -36.2. The molecular formula is C19H31N9O25P6S. The van der Waals surface area contributed by atoms with E-state index < -0.39 is 115 Å². The summed E-state index contributed by atoms with van der Waals surface area (Å²) < 4.78 is 115. The van der Waals surface area contributed by atoms with Gasteiger partial charge in [0, 0.05) is 6.20 Å². The minimum Gasteiger partial charge on any atom is -0.387 e. The van der Waals surface area contributed by atoms with Crippen molar-refractivity contribution in [2.45, 2.75) is 49.1 Å². The van der Waals surface area contributed by atoms with E-state index in [2.05, 4.69) is 46.2 Å². The third-order valence-corrected chi connectivity index (χ3v) is 15.8. The van der Waals surface area contributed by atoms with Gasteiger partial charge >= 0.3 is 46.9 Å².